The SMILES string of the molecule is CN(C)c1ccc(/C=N\NC(=O)c2cc3c(s2)CCCCC3)cc1[N+](=O)[O-]. The molecule has 27 heavy (non-hydrogen) atoms. The summed E-state index contributed by atoms with van der Waals surface area (Å²) >= 11 is 1.53. The molecule has 1 N–H and O–H groups in total. The second-order valence-corrected chi connectivity index (χ2v) is 7.86. The molecular weight excluding hydrogens is 364 g/mol. The molecule has 0 aliphatic heterocycles. The van der Waals surface area contributed by atoms with Gasteiger partial charge in [0.1, 0.15) is 5.69 Å². The van der Waals surface area contributed by atoms with Gasteiger partial charge in [-0.1, -0.05) is 12.5 Å². The molecule has 1 heterocycles. The van der Waals surface area contributed by atoms with Gasteiger partial charge in [-0.3, -0.25) is 14.9 Å². The van der Waals surface area contributed by atoms with Crippen molar-refractivity contribution in [1.29, 1.82) is 0 Å². The van der Waals surface area contributed by atoms with E-state index in [0.717, 1.165) is 12.8 Å². The summed E-state index contributed by atoms with van der Waals surface area (Å²) in [6.45, 7) is 0. The van der Waals surface area contributed by atoms with Crippen LogP contribution in [0.5, 0.6) is 0 Å². The van der Waals surface area contributed by atoms with Crippen molar-refractivity contribution in [3.8, 4) is 0 Å². The molecule has 3 rings (SSSR count). The highest BCUT2D eigenvalue weighted by Gasteiger charge is 2.17. The highest BCUT2D eigenvalue weighted by atomic mass is 32.1. The fourth-order valence-electron chi connectivity index (χ4n) is 3.15. The summed E-state index contributed by atoms with van der Waals surface area (Å²) < 4.78 is 0. The van der Waals surface area contributed by atoms with E-state index in [4.69, 9.17) is 0 Å². The number of rotatable bonds is 5. The number of fused-ring (bicyclic) bond motifs is 1. The minimum atomic E-state index is -0.427. The lowest BCUT2D eigenvalue weighted by Gasteiger charge is -2.12. The topological polar surface area (TPSA) is 87.8 Å². The van der Waals surface area contributed by atoms with E-state index < -0.39 is 4.92 Å². The maximum Gasteiger partial charge on any atom is 0.293 e. The molecule has 1 aliphatic rings. The van der Waals surface area contributed by atoms with Gasteiger partial charge >= 0.3 is 0 Å². The van der Waals surface area contributed by atoms with E-state index in [0.29, 0.717) is 16.1 Å². The first kappa shape index (κ1) is 19.0. The first-order valence-corrected chi connectivity index (χ1v) is 9.68. The van der Waals surface area contributed by atoms with Crippen molar-refractivity contribution in [1.82, 2.24) is 5.43 Å². The van der Waals surface area contributed by atoms with Crippen molar-refractivity contribution >= 4 is 34.8 Å². The van der Waals surface area contributed by atoms with Gasteiger partial charge in [0.05, 0.1) is 16.0 Å². The Kier molecular flexibility index (Phi) is 5.85. The number of nitrogens with one attached hydrogen (secondary N) is 1. The van der Waals surface area contributed by atoms with E-state index in [-0.39, 0.29) is 11.6 Å². The monoisotopic (exact) mass is 386 g/mol. The number of hydrogen-bond acceptors (Lipinski definition) is 6. The van der Waals surface area contributed by atoms with Crippen LogP contribution < -0.4 is 10.3 Å². The number of hydrogen-bond donors (Lipinski definition) is 1. The summed E-state index contributed by atoms with van der Waals surface area (Å²) in [5.41, 5.74) is 4.86. The van der Waals surface area contributed by atoms with E-state index in [9.17, 15) is 14.9 Å². The van der Waals surface area contributed by atoms with Crippen LogP contribution in [-0.4, -0.2) is 31.1 Å². The van der Waals surface area contributed by atoms with Crippen LogP contribution >= 0.6 is 11.3 Å². The summed E-state index contributed by atoms with van der Waals surface area (Å²) in [7, 11) is 3.50. The fourth-order valence-corrected chi connectivity index (χ4v) is 4.29. The Balaban J connectivity index is 1.69. The highest BCUT2D eigenvalue weighted by Crippen LogP contribution is 2.29. The number of thiophene rings is 1. The molecule has 1 amide bonds. The number of nitro benzene ring substituents is 1. The summed E-state index contributed by atoms with van der Waals surface area (Å²) in [5, 5.41) is 15.2. The van der Waals surface area contributed by atoms with Crippen molar-refractivity contribution < 1.29 is 9.72 Å². The summed E-state index contributed by atoms with van der Waals surface area (Å²) in [4.78, 5) is 26.8. The third-order valence-corrected chi connectivity index (χ3v) is 5.76. The predicted octanol–water partition coefficient (Wildman–Crippen LogP) is 3.76. The van der Waals surface area contributed by atoms with E-state index in [1.165, 1.54) is 53.3 Å². The maximum atomic E-state index is 12.3. The van der Waals surface area contributed by atoms with E-state index in [2.05, 4.69) is 10.5 Å². The van der Waals surface area contributed by atoms with Crippen LogP contribution in [0.15, 0.2) is 29.4 Å². The number of amides is 1. The van der Waals surface area contributed by atoms with Gasteiger partial charge in [-0.25, -0.2) is 5.43 Å². The number of benzene rings is 1. The molecule has 0 bridgehead atoms. The number of nitrogens with zero attached hydrogens (tertiary/aromatic N) is 3. The quantitative estimate of drug-likeness (QED) is 0.367. The standard InChI is InChI=1S/C19H22N4O3S/c1-22(2)15-9-8-13(10-16(15)23(25)26)12-20-21-19(24)18-11-14-6-4-3-5-7-17(14)27-18/h8-12H,3-7H2,1-2H3,(H,21,24)/b20-12-. The van der Waals surface area contributed by atoms with Gasteiger partial charge in [0.25, 0.3) is 11.6 Å². The molecule has 142 valence electrons. The molecule has 0 spiro atoms. The lowest BCUT2D eigenvalue weighted by atomic mass is 10.1. The van der Waals surface area contributed by atoms with Crippen LogP contribution in [-0.2, 0) is 12.8 Å². The zero-order valence-electron chi connectivity index (χ0n) is 15.4. The number of hydrazone groups is 1. The average molecular weight is 386 g/mol. The Morgan fingerprint density at radius 2 is 2.04 bits per heavy atom. The lowest BCUT2D eigenvalue weighted by Crippen LogP contribution is -2.16. The summed E-state index contributed by atoms with van der Waals surface area (Å²) in [5.74, 6) is -0.247. The Hall–Kier alpha value is -2.74. The van der Waals surface area contributed by atoms with Gasteiger partial charge in [0.15, 0.2) is 0 Å². The van der Waals surface area contributed by atoms with Gasteiger partial charge < -0.3 is 4.90 Å². The van der Waals surface area contributed by atoms with Gasteiger partial charge in [-0.2, -0.15) is 5.10 Å². The van der Waals surface area contributed by atoms with Crippen LogP contribution in [0.1, 0.15) is 44.9 Å². The Labute approximate surface area is 161 Å². The first-order valence-electron chi connectivity index (χ1n) is 8.86. The molecule has 0 saturated carbocycles. The minimum Gasteiger partial charge on any atom is -0.372 e. The van der Waals surface area contributed by atoms with Gasteiger partial charge in [0, 0.05) is 30.6 Å². The molecule has 7 nitrogen and oxygen atoms in total. The van der Waals surface area contributed by atoms with Gasteiger partial charge in [-0.15, -0.1) is 11.3 Å². The van der Waals surface area contributed by atoms with Crippen molar-refractivity contribution in [3.63, 3.8) is 0 Å². The molecule has 0 radical (unpaired) electrons. The van der Waals surface area contributed by atoms with Crippen molar-refractivity contribution in [2.75, 3.05) is 19.0 Å². The number of carbonyl (C=O) groups excluding carboxylic acids is 1. The highest BCUT2D eigenvalue weighted by molar-refractivity contribution is 7.14. The van der Waals surface area contributed by atoms with Crippen LogP contribution in [0.2, 0.25) is 0 Å². The zero-order valence-corrected chi connectivity index (χ0v) is 16.2. The molecule has 1 aliphatic carbocycles. The van der Waals surface area contributed by atoms with Gasteiger partial charge in [-0.05, 0) is 43.4 Å². The molecule has 1 aromatic carbocycles. The molecule has 0 unspecified atom stereocenters. The lowest BCUT2D eigenvalue weighted by molar-refractivity contribution is -0.384. The Morgan fingerprint density at radius 1 is 1.26 bits per heavy atom. The first-order chi connectivity index (χ1) is 13.0. The molecule has 1 aromatic heterocycles. The van der Waals surface area contributed by atoms with Crippen LogP contribution in [0, 0.1) is 10.1 Å². The summed E-state index contributed by atoms with van der Waals surface area (Å²) in [6.07, 6.45) is 7.08. The van der Waals surface area contributed by atoms with E-state index in [1.807, 2.05) is 6.07 Å². The van der Waals surface area contributed by atoms with Crippen molar-refractivity contribution in [2.24, 2.45) is 5.10 Å². The predicted molar refractivity (Wildman–Crippen MR) is 108 cm³/mol. The summed E-state index contributed by atoms with van der Waals surface area (Å²) in [6, 6.07) is 6.80. The second kappa shape index (κ2) is 8.30. The van der Waals surface area contributed by atoms with Crippen LogP contribution in [0.25, 0.3) is 0 Å². The molecule has 0 saturated heterocycles. The molecule has 2 aromatic rings. The smallest absolute Gasteiger partial charge is 0.293 e. The van der Waals surface area contributed by atoms with Crippen molar-refractivity contribution in [2.45, 2.75) is 32.1 Å². The van der Waals surface area contributed by atoms with Gasteiger partial charge in [0.2, 0.25) is 0 Å². The molecule has 8 heteroatoms. The van der Waals surface area contributed by atoms with Crippen LogP contribution in [0.4, 0.5) is 11.4 Å². The largest absolute Gasteiger partial charge is 0.372 e. The third kappa shape index (κ3) is 4.51. The Morgan fingerprint density at radius 3 is 2.78 bits per heavy atom. The normalized spacial score (nSPS) is 13.9. The second-order valence-electron chi connectivity index (χ2n) is 6.72. The average Bonchev–Trinajstić information content (AvgIpc) is 2.92. The molecule has 0 fully saturated rings. The third-order valence-electron chi connectivity index (χ3n) is 4.53. The van der Waals surface area contributed by atoms with E-state index >= 15 is 0 Å². The molecular formula is C19H22N4O3S. The zero-order chi connectivity index (χ0) is 19.4. The number of anilines is 1. The number of aryl methyl sites for hydroxylation is 2. The number of carbonyl (C=O) groups is 1. The molecule has 0 atom stereocenters. The van der Waals surface area contributed by atoms with E-state index in [1.54, 1.807) is 31.1 Å². The minimum absolute atomic E-state index is 0.00252. The van der Waals surface area contributed by atoms with Crippen LogP contribution in [0.3, 0.4) is 0 Å². The Bertz CT molecular complexity index is 866. The fraction of sp³-hybridized carbons (Fsp3) is 0.368. The van der Waals surface area contributed by atoms with Crippen molar-refractivity contribution in [3.05, 3.63) is 55.3 Å². The maximum absolute atomic E-state index is 12.3. The number of nitro groups is 1.